The molecule has 1 unspecified atom stereocenters. The van der Waals surface area contributed by atoms with Gasteiger partial charge in [-0.05, 0) is 18.6 Å². The largest absolute Gasteiger partial charge is 0.497 e. The zero-order chi connectivity index (χ0) is 14.3. The van der Waals surface area contributed by atoms with Crippen molar-refractivity contribution < 1.29 is 19.4 Å². The molecule has 5 nitrogen and oxygen atoms in total. The fourth-order valence-electron chi connectivity index (χ4n) is 1.72. The molecule has 0 radical (unpaired) electrons. The first-order chi connectivity index (χ1) is 9.15. The molecule has 5 heteroatoms. The molecule has 0 fully saturated rings. The van der Waals surface area contributed by atoms with E-state index in [1.165, 1.54) is 0 Å². The number of ether oxygens (including phenoxy) is 2. The lowest BCUT2D eigenvalue weighted by molar-refractivity contribution is -0.126. The molecule has 0 aliphatic carbocycles. The number of carbonyl (C=O) groups is 1. The number of methoxy groups -OCH3 is 2. The highest BCUT2D eigenvalue weighted by atomic mass is 16.5. The zero-order valence-electron chi connectivity index (χ0n) is 11.6. The van der Waals surface area contributed by atoms with Gasteiger partial charge in [0.05, 0.1) is 26.7 Å². The summed E-state index contributed by atoms with van der Waals surface area (Å²) in [6.45, 7) is 2.10. The molecule has 0 bridgehead atoms. The van der Waals surface area contributed by atoms with Crippen LogP contribution in [0.3, 0.4) is 0 Å². The second-order valence-electron chi connectivity index (χ2n) is 4.18. The number of hydrogen-bond acceptors (Lipinski definition) is 4. The van der Waals surface area contributed by atoms with Gasteiger partial charge >= 0.3 is 0 Å². The molecule has 0 saturated carbocycles. The Balaban J connectivity index is 2.69. The third-order valence-corrected chi connectivity index (χ3v) is 3.03. The lowest BCUT2D eigenvalue weighted by Gasteiger charge is -2.14. The van der Waals surface area contributed by atoms with Crippen molar-refractivity contribution in [2.45, 2.75) is 19.9 Å². The van der Waals surface area contributed by atoms with Crippen LogP contribution in [0, 0.1) is 5.92 Å². The minimum atomic E-state index is -0.357. The number of carbonyl (C=O) groups excluding carboxylic acids is 1. The van der Waals surface area contributed by atoms with Crippen LogP contribution in [0.5, 0.6) is 11.5 Å². The first-order valence-corrected chi connectivity index (χ1v) is 6.25. The standard InChI is InChI=1S/C14H21NO4/c1-4-10(9-16)14(17)15-8-11-5-6-12(18-2)7-13(11)19-3/h5-7,10,16H,4,8-9H2,1-3H3,(H,15,17). The summed E-state index contributed by atoms with van der Waals surface area (Å²) in [5.74, 6) is 0.859. The Morgan fingerprint density at radius 1 is 1.37 bits per heavy atom. The van der Waals surface area contributed by atoms with Crippen molar-refractivity contribution in [3.05, 3.63) is 23.8 Å². The van der Waals surface area contributed by atoms with Gasteiger partial charge in [-0.1, -0.05) is 6.92 Å². The third kappa shape index (κ3) is 4.13. The molecular weight excluding hydrogens is 246 g/mol. The van der Waals surface area contributed by atoms with Gasteiger partial charge in [-0.2, -0.15) is 0 Å². The van der Waals surface area contributed by atoms with Gasteiger partial charge in [0.25, 0.3) is 0 Å². The van der Waals surface area contributed by atoms with E-state index in [9.17, 15) is 4.79 Å². The Morgan fingerprint density at radius 2 is 2.11 bits per heavy atom. The fourth-order valence-corrected chi connectivity index (χ4v) is 1.72. The molecule has 1 atom stereocenters. The Kier molecular flexibility index (Phi) is 6.15. The number of rotatable bonds is 7. The van der Waals surface area contributed by atoms with Gasteiger partial charge < -0.3 is 19.9 Å². The molecule has 0 saturated heterocycles. The minimum Gasteiger partial charge on any atom is -0.497 e. The molecule has 0 heterocycles. The SMILES string of the molecule is CCC(CO)C(=O)NCc1ccc(OC)cc1OC. The number of amides is 1. The molecule has 0 aliphatic heterocycles. The van der Waals surface area contributed by atoms with Gasteiger partial charge in [-0.25, -0.2) is 0 Å². The number of aliphatic hydroxyl groups excluding tert-OH is 1. The maximum atomic E-state index is 11.8. The molecule has 1 amide bonds. The lowest BCUT2D eigenvalue weighted by atomic mass is 10.1. The normalized spacial score (nSPS) is 11.8. The Morgan fingerprint density at radius 3 is 2.63 bits per heavy atom. The second-order valence-corrected chi connectivity index (χ2v) is 4.18. The molecule has 0 spiro atoms. The molecule has 1 aromatic carbocycles. The van der Waals surface area contributed by atoms with E-state index >= 15 is 0 Å². The summed E-state index contributed by atoms with van der Waals surface area (Å²) < 4.78 is 10.4. The molecule has 19 heavy (non-hydrogen) atoms. The molecular formula is C14H21NO4. The second kappa shape index (κ2) is 7.63. The molecule has 2 N–H and O–H groups in total. The van der Waals surface area contributed by atoms with Gasteiger partial charge in [-0.15, -0.1) is 0 Å². The van der Waals surface area contributed by atoms with Crippen LogP contribution in [0.25, 0.3) is 0 Å². The maximum Gasteiger partial charge on any atom is 0.225 e. The van der Waals surface area contributed by atoms with Crippen LogP contribution >= 0.6 is 0 Å². The highest BCUT2D eigenvalue weighted by Gasteiger charge is 2.15. The summed E-state index contributed by atoms with van der Waals surface area (Å²) >= 11 is 0. The topological polar surface area (TPSA) is 67.8 Å². The van der Waals surface area contributed by atoms with Crippen molar-refractivity contribution in [2.75, 3.05) is 20.8 Å². The molecule has 1 aromatic rings. The van der Waals surface area contributed by atoms with E-state index in [1.807, 2.05) is 19.1 Å². The van der Waals surface area contributed by atoms with Gasteiger partial charge in [0, 0.05) is 18.2 Å². The molecule has 0 aromatic heterocycles. The lowest BCUT2D eigenvalue weighted by Crippen LogP contribution is -2.32. The summed E-state index contributed by atoms with van der Waals surface area (Å²) in [4.78, 5) is 11.8. The Labute approximate surface area is 113 Å². The summed E-state index contributed by atoms with van der Waals surface area (Å²) in [5, 5.41) is 11.9. The van der Waals surface area contributed by atoms with Gasteiger partial charge in [0.15, 0.2) is 0 Å². The third-order valence-electron chi connectivity index (χ3n) is 3.03. The van der Waals surface area contributed by atoms with Gasteiger partial charge in [0.1, 0.15) is 11.5 Å². The average molecular weight is 267 g/mol. The number of hydrogen-bond donors (Lipinski definition) is 2. The summed E-state index contributed by atoms with van der Waals surface area (Å²) in [6, 6.07) is 5.43. The van der Waals surface area contributed by atoms with E-state index in [0.29, 0.717) is 24.5 Å². The first-order valence-electron chi connectivity index (χ1n) is 6.25. The summed E-state index contributed by atoms with van der Waals surface area (Å²) in [7, 11) is 3.16. The van der Waals surface area contributed by atoms with Crippen LogP contribution in [0.4, 0.5) is 0 Å². The van der Waals surface area contributed by atoms with Crippen molar-refractivity contribution in [3.8, 4) is 11.5 Å². The Bertz CT molecular complexity index is 416. The predicted octanol–water partition coefficient (Wildman–Crippen LogP) is 1.34. The van der Waals surface area contributed by atoms with Crippen LogP contribution in [-0.2, 0) is 11.3 Å². The predicted molar refractivity (Wildman–Crippen MR) is 72.3 cm³/mol. The average Bonchev–Trinajstić information content (AvgIpc) is 2.46. The number of aliphatic hydroxyl groups is 1. The van der Waals surface area contributed by atoms with Crippen molar-refractivity contribution in [1.29, 1.82) is 0 Å². The van der Waals surface area contributed by atoms with Gasteiger partial charge in [0.2, 0.25) is 5.91 Å². The van der Waals surface area contributed by atoms with Crippen LogP contribution in [0.1, 0.15) is 18.9 Å². The highest BCUT2D eigenvalue weighted by Crippen LogP contribution is 2.24. The van der Waals surface area contributed by atoms with Crippen LogP contribution in [0.2, 0.25) is 0 Å². The summed E-state index contributed by atoms with van der Waals surface area (Å²) in [5.41, 5.74) is 0.865. The molecule has 106 valence electrons. The van der Waals surface area contributed by atoms with E-state index in [0.717, 1.165) is 5.56 Å². The van der Waals surface area contributed by atoms with E-state index < -0.39 is 0 Å². The molecule has 0 aliphatic rings. The number of benzene rings is 1. The highest BCUT2D eigenvalue weighted by molar-refractivity contribution is 5.78. The van der Waals surface area contributed by atoms with E-state index in [1.54, 1.807) is 20.3 Å². The van der Waals surface area contributed by atoms with Gasteiger partial charge in [-0.3, -0.25) is 4.79 Å². The zero-order valence-corrected chi connectivity index (χ0v) is 11.6. The van der Waals surface area contributed by atoms with Crippen molar-refractivity contribution >= 4 is 5.91 Å². The van der Waals surface area contributed by atoms with Crippen LogP contribution < -0.4 is 14.8 Å². The fraction of sp³-hybridized carbons (Fsp3) is 0.500. The van der Waals surface area contributed by atoms with E-state index in [-0.39, 0.29) is 18.4 Å². The summed E-state index contributed by atoms with van der Waals surface area (Å²) in [6.07, 6.45) is 0.613. The smallest absolute Gasteiger partial charge is 0.225 e. The maximum absolute atomic E-state index is 11.8. The van der Waals surface area contributed by atoms with Crippen molar-refractivity contribution in [2.24, 2.45) is 5.92 Å². The first kappa shape index (κ1) is 15.3. The monoisotopic (exact) mass is 267 g/mol. The van der Waals surface area contributed by atoms with Crippen LogP contribution in [-0.4, -0.2) is 31.8 Å². The van der Waals surface area contributed by atoms with Crippen molar-refractivity contribution in [1.82, 2.24) is 5.32 Å². The van der Waals surface area contributed by atoms with Crippen LogP contribution in [0.15, 0.2) is 18.2 Å². The van der Waals surface area contributed by atoms with E-state index in [4.69, 9.17) is 14.6 Å². The minimum absolute atomic E-state index is 0.137. The molecule has 1 rings (SSSR count). The Hall–Kier alpha value is -1.75. The van der Waals surface area contributed by atoms with Crippen molar-refractivity contribution in [3.63, 3.8) is 0 Å². The van der Waals surface area contributed by atoms with E-state index in [2.05, 4.69) is 5.32 Å². The quantitative estimate of drug-likeness (QED) is 0.782. The number of nitrogens with one attached hydrogen (secondary N) is 1.